The van der Waals surface area contributed by atoms with Gasteiger partial charge in [-0.05, 0) is 66.7 Å². The third kappa shape index (κ3) is 4.97. The van der Waals surface area contributed by atoms with E-state index in [-0.39, 0.29) is 0 Å². The summed E-state index contributed by atoms with van der Waals surface area (Å²) in [7, 11) is 0. The van der Waals surface area contributed by atoms with Crippen LogP contribution in [0.1, 0.15) is 5.56 Å². The van der Waals surface area contributed by atoms with Crippen LogP contribution in [0, 0.1) is 11.3 Å². The molecule has 0 spiro atoms. The molecule has 8 aromatic carbocycles. The highest BCUT2D eigenvalue weighted by atomic mass is 16.3. The van der Waals surface area contributed by atoms with Crippen LogP contribution in [0.5, 0.6) is 0 Å². The summed E-state index contributed by atoms with van der Waals surface area (Å²) in [6.07, 6.45) is 0. The number of rotatable bonds is 5. The second-order valence-corrected chi connectivity index (χ2v) is 14.7. The Morgan fingerprint density at radius 2 is 0.966 bits per heavy atom. The predicted molar refractivity (Wildman–Crippen MR) is 237 cm³/mol. The van der Waals surface area contributed by atoms with Gasteiger partial charge >= 0.3 is 0 Å². The minimum Gasteiger partial charge on any atom is -0.455 e. The monoisotopic (exact) mass is 754 g/mol. The minimum absolute atomic E-state index is 0.495. The molecular formula is C52H30N6O. The lowest BCUT2D eigenvalue weighted by Crippen LogP contribution is -2.02. The molecule has 0 N–H and O–H groups in total. The summed E-state index contributed by atoms with van der Waals surface area (Å²) in [5.74, 6) is 1.63. The number of aromatic nitrogens is 5. The lowest BCUT2D eigenvalue weighted by atomic mass is 10.0. The molecule has 4 aromatic heterocycles. The van der Waals surface area contributed by atoms with Crippen LogP contribution in [0.2, 0.25) is 0 Å². The number of nitriles is 1. The fourth-order valence-corrected chi connectivity index (χ4v) is 8.85. The van der Waals surface area contributed by atoms with E-state index in [0.717, 1.165) is 93.6 Å². The molecule has 7 nitrogen and oxygen atoms in total. The molecule has 59 heavy (non-hydrogen) atoms. The lowest BCUT2D eigenvalue weighted by Gasteiger charge is -2.12. The maximum Gasteiger partial charge on any atom is 0.164 e. The molecule has 0 saturated heterocycles. The quantitative estimate of drug-likeness (QED) is 0.175. The van der Waals surface area contributed by atoms with E-state index >= 15 is 0 Å². The van der Waals surface area contributed by atoms with Gasteiger partial charge in [-0.3, -0.25) is 0 Å². The van der Waals surface area contributed by atoms with E-state index in [9.17, 15) is 5.26 Å². The van der Waals surface area contributed by atoms with E-state index in [1.807, 2.05) is 91.0 Å². The summed E-state index contributed by atoms with van der Waals surface area (Å²) < 4.78 is 11.4. The third-order valence-corrected chi connectivity index (χ3v) is 11.4. The van der Waals surface area contributed by atoms with Gasteiger partial charge in [0.05, 0.1) is 38.7 Å². The van der Waals surface area contributed by atoms with Crippen molar-refractivity contribution in [3.63, 3.8) is 0 Å². The summed E-state index contributed by atoms with van der Waals surface area (Å²) in [4.78, 5) is 14.7. The van der Waals surface area contributed by atoms with Gasteiger partial charge in [0.2, 0.25) is 0 Å². The molecular weight excluding hydrogens is 725 g/mol. The van der Waals surface area contributed by atoms with Crippen molar-refractivity contribution >= 4 is 65.6 Å². The first-order valence-electron chi connectivity index (χ1n) is 19.5. The van der Waals surface area contributed by atoms with Crippen molar-refractivity contribution in [2.75, 3.05) is 0 Å². The zero-order valence-corrected chi connectivity index (χ0v) is 31.4. The van der Waals surface area contributed by atoms with Crippen LogP contribution < -0.4 is 0 Å². The second-order valence-electron chi connectivity index (χ2n) is 14.7. The van der Waals surface area contributed by atoms with Crippen molar-refractivity contribution in [2.45, 2.75) is 0 Å². The van der Waals surface area contributed by atoms with Crippen LogP contribution in [0.3, 0.4) is 0 Å². The normalized spacial score (nSPS) is 11.7. The zero-order chi connectivity index (χ0) is 39.0. The van der Waals surface area contributed by atoms with Gasteiger partial charge in [0.15, 0.2) is 17.5 Å². The van der Waals surface area contributed by atoms with Crippen molar-refractivity contribution in [2.24, 2.45) is 0 Å². The number of fused-ring (bicyclic) bond motifs is 11. The summed E-state index contributed by atoms with van der Waals surface area (Å²) in [6, 6.07) is 64.2. The van der Waals surface area contributed by atoms with E-state index in [2.05, 4.69) is 106 Å². The molecule has 0 fully saturated rings. The van der Waals surface area contributed by atoms with E-state index in [1.165, 1.54) is 0 Å². The van der Waals surface area contributed by atoms with Gasteiger partial charge in [-0.15, -0.1) is 0 Å². The van der Waals surface area contributed by atoms with Crippen molar-refractivity contribution in [3.8, 4) is 51.6 Å². The second kappa shape index (κ2) is 12.8. The van der Waals surface area contributed by atoms with Gasteiger partial charge < -0.3 is 13.6 Å². The molecule has 0 saturated carbocycles. The van der Waals surface area contributed by atoms with Gasteiger partial charge in [0, 0.05) is 49.3 Å². The molecule has 12 rings (SSSR count). The first-order chi connectivity index (χ1) is 29.2. The van der Waals surface area contributed by atoms with Crippen molar-refractivity contribution < 1.29 is 4.42 Å². The number of para-hydroxylation sites is 3. The average Bonchev–Trinajstić information content (AvgIpc) is 3.97. The highest BCUT2D eigenvalue weighted by Crippen LogP contribution is 2.45. The zero-order valence-electron chi connectivity index (χ0n) is 31.4. The van der Waals surface area contributed by atoms with Gasteiger partial charge in [0.1, 0.15) is 17.2 Å². The molecule has 0 unspecified atom stereocenters. The summed E-state index contributed by atoms with van der Waals surface area (Å²) in [6.45, 7) is 0. The van der Waals surface area contributed by atoms with Crippen molar-refractivity contribution in [3.05, 3.63) is 188 Å². The minimum atomic E-state index is 0.495. The Kier molecular flexibility index (Phi) is 7.16. The molecule has 0 aliphatic carbocycles. The fraction of sp³-hybridized carbons (Fsp3) is 0. The topological polar surface area (TPSA) is 85.5 Å². The van der Waals surface area contributed by atoms with Gasteiger partial charge in [-0.2, -0.15) is 5.26 Å². The van der Waals surface area contributed by atoms with Crippen LogP contribution >= 0.6 is 0 Å². The fourth-order valence-electron chi connectivity index (χ4n) is 8.85. The van der Waals surface area contributed by atoms with Gasteiger partial charge in [-0.1, -0.05) is 115 Å². The van der Waals surface area contributed by atoms with Gasteiger partial charge in [0.25, 0.3) is 0 Å². The van der Waals surface area contributed by atoms with Crippen molar-refractivity contribution in [1.29, 1.82) is 5.26 Å². The number of hydrogen-bond acceptors (Lipinski definition) is 5. The Morgan fingerprint density at radius 1 is 0.424 bits per heavy atom. The van der Waals surface area contributed by atoms with Crippen LogP contribution in [0.15, 0.2) is 186 Å². The van der Waals surface area contributed by atoms with Crippen molar-refractivity contribution in [1.82, 2.24) is 24.1 Å². The van der Waals surface area contributed by atoms with Crippen LogP contribution in [-0.2, 0) is 0 Å². The van der Waals surface area contributed by atoms with Gasteiger partial charge in [-0.25, -0.2) is 15.0 Å². The number of hydrogen-bond donors (Lipinski definition) is 0. The first-order valence-corrected chi connectivity index (χ1v) is 19.5. The van der Waals surface area contributed by atoms with E-state index < -0.39 is 0 Å². The van der Waals surface area contributed by atoms with Crippen LogP contribution in [0.25, 0.3) is 111 Å². The lowest BCUT2D eigenvalue weighted by molar-refractivity contribution is 0.673. The first kappa shape index (κ1) is 32.9. The number of nitrogens with zero attached hydrogens (tertiary/aromatic N) is 6. The molecule has 7 heteroatoms. The van der Waals surface area contributed by atoms with E-state index in [0.29, 0.717) is 23.0 Å². The number of furan rings is 1. The maximum absolute atomic E-state index is 10.8. The molecule has 274 valence electrons. The molecule has 4 heterocycles. The predicted octanol–water partition coefficient (Wildman–Crippen LogP) is 12.8. The summed E-state index contributed by atoms with van der Waals surface area (Å²) in [5, 5.41) is 17.3. The van der Waals surface area contributed by atoms with E-state index in [4.69, 9.17) is 19.4 Å². The molecule has 12 aromatic rings. The molecule has 0 aliphatic rings. The Labute approximate surface area is 337 Å². The van der Waals surface area contributed by atoms with E-state index in [1.54, 1.807) is 0 Å². The highest BCUT2D eigenvalue weighted by Gasteiger charge is 2.24. The Bertz CT molecular complexity index is 3610. The summed E-state index contributed by atoms with van der Waals surface area (Å²) >= 11 is 0. The molecule has 0 radical (unpaired) electrons. The largest absolute Gasteiger partial charge is 0.455 e. The molecule has 0 bridgehead atoms. The molecule has 0 amide bonds. The summed E-state index contributed by atoms with van der Waals surface area (Å²) in [5.41, 5.74) is 10.7. The average molecular weight is 755 g/mol. The van der Waals surface area contributed by atoms with Crippen LogP contribution in [-0.4, -0.2) is 24.1 Å². The Morgan fingerprint density at radius 3 is 1.63 bits per heavy atom. The Balaban J connectivity index is 1.08. The highest BCUT2D eigenvalue weighted by molar-refractivity contribution is 6.31. The maximum atomic E-state index is 10.8. The molecule has 0 atom stereocenters. The third-order valence-electron chi connectivity index (χ3n) is 11.4. The Hall–Kier alpha value is -8.34. The molecule has 0 aliphatic heterocycles. The smallest absolute Gasteiger partial charge is 0.164 e. The number of benzene rings is 8. The van der Waals surface area contributed by atoms with Crippen LogP contribution in [0.4, 0.5) is 0 Å². The standard InChI is InChI=1S/C52H30N6O/c53-31-35-30-34(52-55-50(32-14-4-1-5-15-32)54-51(56-52)33-16-6-2-7-17-33)24-26-40(35)58-42-23-13-10-20-37(42)46-43(58)28-29-45-48(46)39-25-27-44-47(49(39)59-45)38-21-11-12-22-41(38)57(44)36-18-8-3-9-19-36/h1-30H. The SMILES string of the molecule is N#Cc1cc(-c2nc(-c3ccccc3)nc(-c3ccccc3)n2)ccc1-n1c2ccccc2c2c3c(ccc21)oc1c3ccc2c1c1ccccc1n2-c1ccccc1.